The molecule has 0 heterocycles. The van der Waals surface area contributed by atoms with E-state index in [2.05, 4.69) is 34.3 Å². The van der Waals surface area contributed by atoms with Crippen molar-refractivity contribution >= 4 is 49.8 Å². The van der Waals surface area contributed by atoms with E-state index in [1.54, 1.807) is 0 Å². The standard InChI is InChI=1S/C20H15NO.C16H13NO/c22-20(14-5-1-2-6-14)21-19-10-9-17-11-15-7-3-4-8-16(15)12-18(17)13-19;18-16(17-15-7-3-4-8-15)14-10-9-12-5-1-2-6-13(12)11-14/h1-5,7-13H,6H2,(H,21,22);1-7,9-11H,8H2,(H,17,18)/p-2. The molecule has 4 nitrogen and oxygen atoms in total. The quantitative estimate of drug-likeness (QED) is 0.145. The van der Waals surface area contributed by atoms with E-state index in [0.29, 0.717) is 17.7 Å². The number of fused-ring (bicyclic) bond motifs is 3. The molecule has 0 aliphatic heterocycles. The molecule has 0 saturated heterocycles. The fourth-order valence-electron chi connectivity index (χ4n) is 4.83. The molecule has 0 bridgehead atoms. The Kier molecular flexibility index (Phi) is 7.06. The molecule has 5 aromatic rings. The zero-order valence-corrected chi connectivity index (χ0v) is 21.8. The summed E-state index contributed by atoms with van der Waals surface area (Å²) in [6, 6.07) is 32.2. The molecule has 0 aromatic heterocycles. The van der Waals surface area contributed by atoms with Crippen LogP contribution in [0.2, 0.25) is 0 Å². The van der Waals surface area contributed by atoms with Gasteiger partial charge in [-0.15, -0.1) is 0 Å². The molecule has 40 heavy (non-hydrogen) atoms. The maximum atomic E-state index is 12.1. The number of aliphatic imine (C=N–C) groups is 2. The Balaban J connectivity index is 0.000000148. The summed E-state index contributed by atoms with van der Waals surface area (Å²) in [5.41, 5.74) is 2.92. The van der Waals surface area contributed by atoms with Gasteiger partial charge in [-0.2, -0.15) is 0 Å². The van der Waals surface area contributed by atoms with Gasteiger partial charge in [-0.25, -0.2) is 0 Å². The van der Waals surface area contributed by atoms with Crippen molar-refractivity contribution < 1.29 is 10.2 Å². The second kappa shape index (κ2) is 11.3. The van der Waals surface area contributed by atoms with Crippen LogP contribution in [0.1, 0.15) is 18.4 Å². The first-order valence-electron chi connectivity index (χ1n) is 13.3. The van der Waals surface area contributed by atoms with Crippen LogP contribution in [0.25, 0.3) is 32.3 Å². The molecule has 4 heteroatoms. The molecule has 2 aliphatic carbocycles. The van der Waals surface area contributed by atoms with Crippen molar-refractivity contribution in [3.8, 4) is 0 Å². The van der Waals surface area contributed by atoms with Crippen molar-refractivity contribution in [2.75, 3.05) is 0 Å². The fraction of sp³-hybridized carbons (Fsp3) is 0.0556. The molecule has 0 unspecified atom stereocenters. The second-order valence-electron chi connectivity index (χ2n) is 9.74. The van der Waals surface area contributed by atoms with E-state index in [9.17, 15) is 10.2 Å². The third-order valence-electron chi connectivity index (χ3n) is 6.96. The zero-order valence-electron chi connectivity index (χ0n) is 21.8. The molecule has 0 saturated carbocycles. The summed E-state index contributed by atoms with van der Waals surface area (Å²) >= 11 is 0. The molecule has 7 rings (SSSR count). The monoisotopic (exact) mass is 518 g/mol. The smallest absolute Gasteiger partial charge is 0.0628 e. The maximum Gasteiger partial charge on any atom is 0.0628 e. The Morgan fingerprint density at radius 3 is 1.85 bits per heavy atom. The van der Waals surface area contributed by atoms with Crippen LogP contribution in [0.4, 0.5) is 5.69 Å². The Bertz CT molecular complexity index is 1920. The van der Waals surface area contributed by atoms with E-state index in [1.165, 1.54) is 10.8 Å². The van der Waals surface area contributed by atoms with Crippen molar-refractivity contribution in [3.05, 3.63) is 150 Å². The topological polar surface area (TPSA) is 70.8 Å². The lowest BCUT2D eigenvalue weighted by molar-refractivity contribution is -0.213. The molecule has 5 aromatic carbocycles. The largest absolute Gasteiger partial charge is 0.858 e. The van der Waals surface area contributed by atoms with Crippen molar-refractivity contribution in [2.45, 2.75) is 12.8 Å². The van der Waals surface area contributed by atoms with Gasteiger partial charge >= 0.3 is 0 Å². The molecule has 0 fully saturated rings. The van der Waals surface area contributed by atoms with Gasteiger partial charge in [0.25, 0.3) is 0 Å². The van der Waals surface area contributed by atoms with E-state index < -0.39 is 0 Å². The summed E-state index contributed by atoms with van der Waals surface area (Å²) in [7, 11) is 0. The number of allylic oxidation sites excluding steroid dienone is 6. The van der Waals surface area contributed by atoms with Crippen LogP contribution in [0.15, 0.2) is 155 Å². The van der Waals surface area contributed by atoms with E-state index in [1.807, 2.05) is 109 Å². The Morgan fingerprint density at radius 2 is 1.15 bits per heavy atom. The number of hydrogen-bond acceptors (Lipinski definition) is 4. The summed E-state index contributed by atoms with van der Waals surface area (Å²) < 4.78 is 0. The highest BCUT2D eigenvalue weighted by atomic mass is 16.3. The van der Waals surface area contributed by atoms with Crippen LogP contribution >= 0.6 is 0 Å². The van der Waals surface area contributed by atoms with Gasteiger partial charge in [0.15, 0.2) is 0 Å². The zero-order chi connectivity index (χ0) is 27.3. The Hall–Kier alpha value is -5.22. The molecule has 2 aliphatic rings. The van der Waals surface area contributed by atoms with Crippen molar-refractivity contribution in [1.82, 2.24) is 0 Å². The van der Waals surface area contributed by atoms with Gasteiger partial charge in [0.1, 0.15) is 0 Å². The summed E-state index contributed by atoms with van der Waals surface area (Å²) in [5.74, 6) is -0.319. The normalized spacial score (nSPS) is 14.9. The predicted molar refractivity (Wildman–Crippen MR) is 163 cm³/mol. The first-order chi connectivity index (χ1) is 19.6. The third-order valence-corrected chi connectivity index (χ3v) is 6.96. The van der Waals surface area contributed by atoms with Crippen LogP contribution in [0.5, 0.6) is 0 Å². The summed E-state index contributed by atoms with van der Waals surface area (Å²) in [6.45, 7) is 0. The molecular formula is C36H26N2O2-2. The predicted octanol–water partition coefficient (Wildman–Crippen LogP) is 7.06. The van der Waals surface area contributed by atoms with Gasteiger partial charge in [-0.05, 0) is 98.1 Å². The minimum atomic E-state index is -0.171. The van der Waals surface area contributed by atoms with E-state index >= 15 is 0 Å². The van der Waals surface area contributed by atoms with Crippen molar-refractivity contribution in [2.24, 2.45) is 9.98 Å². The summed E-state index contributed by atoms with van der Waals surface area (Å²) in [5, 5.41) is 31.0. The lowest BCUT2D eigenvalue weighted by Crippen LogP contribution is -2.18. The van der Waals surface area contributed by atoms with Gasteiger partial charge in [-0.1, -0.05) is 97.1 Å². The second-order valence-corrected chi connectivity index (χ2v) is 9.74. The minimum Gasteiger partial charge on any atom is -0.858 e. The van der Waals surface area contributed by atoms with Crippen molar-refractivity contribution in [3.63, 3.8) is 0 Å². The molecule has 0 radical (unpaired) electrons. The molecular weight excluding hydrogens is 492 g/mol. The number of nitrogens with zero attached hydrogens (tertiary/aromatic N) is 2. The summed E-state index contributed by atoms with van der Waals surface area (Å²) in [6.07, 6.45) is 12.9. The van der Waals surface area contributed by atoms with Crippen LogP contribution in [0, 0.1) is 0 Å². The number of benzene rings is 5. The van der Waals surface area contributed by atoms with Gasteiger partial charge in [0.05, 0.1) is 5.69 Å². The highest BCUT2D eigenvalue weighted by molar-refractivity contribution is 6.00. The van der Waals surface area contributed by atoms with Crippen molar-refractivity contribution in [1.29, 1.82) is 0 Å². The SMILES string of the molecule is [O-]C(=NC1=CC=CC1)c1ccc2ccccc2c1.[O-]C(=Nc1ccc2cc3ccccc3cc2c1)C1=CC=CC1. The molecule has 0 atom stereocenters. The highest BCUT2D eigenvalue weighted by Crippen LogP contribution is 2.27. The van der Waals surface area contributed by atoms with Crippen LogP contribution in [0.3, 0.4) is 0 Å². The fourth-order valence-corrected chi connectivity index (χ4v) is 4.83. The van der Waals surface area contributed by atoms with Crippen LogP contribution < -0.4 is 10.2 Å². The Morgan fingerprint density at radius 1 is 0.525 bits per heavy atom. The lowest BCUT2D eigenvalue weighted by Gasteiger charge is -2.12. The van der Waals surface area contributed by atoms with E-state index in [-0.39, 0.29) is 11.8 Å². The van der Waals surface area contributed by atoms with Crippen LogP contribution in [-0.4, -0.2) is 11.8 Å². The minimum absolute atomic E-state index is 0.148. The number of hydrogen-bond donors (Lipinski definition) is 0. The van der Waals surface area contributed by atoms with Gasteiger partial charge in [0, 0.05) is 12.1 Å². The molecule has 0 spiro atoms. The van der Waals surface area contributed by atoms with Gasteiger partial charge < -0.3 is 10.2 Å². The molecule has 194 valence electrons. The lowest BCUT2D eigenvalue weighted by atomic mass is 10.0. The molecule has 0 N–H and O–H groups in total. The number of rotatable bonds is 4. The maximum absolute atomic E-state index is 12.1. The molecule has 0 amide bonds. The Labute approximate surface area is 233 Å². The van der Waals surface area contributed by atoms with E-state index in [4.69, 9.17) is 0 Å². The van der Waals surface area contributed by atoms with E-state index in [0.717, 1.165) is 39.2 Å². The van der Waals surface area contributed by atoms with Gasteiger partial charge in [0.2, 0.25) is 0 Å². The highest BCUT2D eigenvalue weighted by Gasteiger charge is 2.02. The average molecular weight is 519 g/mol. The third kappa shape index (κ3) is 5.62. The first-order valence-corrected chi connectivity index (χ1v) is 13.3. The first kappa shape index (κ1) is 25.1. The average Bonchev–Trinajstić information content (AvgIpc) is 3.71. The van der Waals surface area contributed by atoms with Crippen LogP contribution in [-0.2, 0) is 0 Å². The summed E-state index contributed by atoms with van der Waals surface area (Å²) in [4.78, 5) is 8.34. The van der Waals surface area contributed by atoms with Gasteiger partial charge in [-0.3, -0.25) is 9.98 Å².